The minimum atomic E-state index is -0.711. The molecule has 0 aromatic rings. The van der Waals surface area contributed by atoms with Crippen LogP contribution in [0.25, 0.3) is 0 Å². The van der Waals surface area contributed by atoms with Crippen molar-refractivity contribution in [3.8, 4) is 0 Å². The third-order valence-corrected chi connectivity index (χ3v) is 6.44. The first-order valence-electron chi connectivity index (χ1n) is 9.24. The van der Waals surface area contributed by atoms with Crippen molar-refractivity contribution in [1.82, 2.24) is 0 Å². The maximum Gasteiger partial charge on any atom is 0.336 e. The lowest BCUT2D eigenvalue weighted by Gasteiger charge is -2.29. The molecule has 27 heavy (non-hydrogen) atoms. The van der Waals surface area contributed by atoms with E-state index in [1.807, 2.05) is 6.92 Å². The highest BCUT2D eigenvalue weighted by molar-refractivity contribution is 5.92. The molecule has 4 rings (SSSR count). The molecule has 0 bridgehead atoms. The zero-order valence-corrected chi connectivity index (χ0v) is 15.2. The Labute approximate surface area is 157 Å². The van der Waals surface area contributed by atoms with Gasteiger partial charge in [0, 0.05) is 23.8 Å². The molecule has 3 fully saturated rings. The van der Waals surface area contributed by atoms with Crippen LogP contribution < -0.4 is 0 Å². The number of fused-ring (bicyclic) bond motifs is 4. The maximum atomic E-state index is 12.5. The van der Waals surface area contributed by atoms with E-state index in [4.69, 9.17) is 19.3 Å². The Balaban J connectivity index is 1.68. The largest absolute Gasteiger partial charge is 0.458 e. The van der Waals surface area contributed by atoms with Crippen molar-refractivity contribution in [1.29, 1.82) is 0 Å². The topological polar surface area (TPSA) is 106 Å². The monoisotopic (exact) mass is 376 g/mol. The molecule has 0 aromatic heterocycles. The highest BCUT2D eigenvalue weighted by Gasteiger charge is 2.65. The number of hydrogen-bond donors (Lipinski definition) is 2. The van der Waals surface area contributed by atoms with Crippen molar-refractivity contribution in [2.45, 2.75) is 37.6 Å². The molecule has 7 nitrogen and oxygen atoms in total. The molecule has 0 aromatic carbocycles. The van der Waals surface area contributed by atoms with E-state index >= 15 is 0 Å². The van der Waals surface area contributed by atoms with Crippen LogP contribution >= 0.6 is 0 Å². The lowest BCUT2D eigenvalue weighted by atomic mass is 9.78. The first-order valence-corrected chi connectivity index (χ1v) is 9.24. The molecule has 2 aliphatic carbocycles. The number of rotatable bonds is 4. The highest BCUT2D eigenvalue weighted by atomic mass is 16.6. The number of epoxide rings is 1. The van der Waals surface area contributed by atoms with Crippen LogP contribution in [-0.4, -0.2) is 59.8 Å². The number of aliphatic hydroxyl groups excluding tert-OH is 2. The van der Waals surface area contributed by atoms with Gasteiger partial charge in [-0.15, -0.1) is 0 Å². The van der Waals surface area contributed by atoms with Crippen LogP contribution in [0.1, 0.15) is 19.8 Å². The van der Waals surface area contributed by atoms with Crippen LogP contribution in [0.15, 0.2) is 35.5 Å². The summed E-state index contributed by atoms with van der Waals surface area (Å²) >= 11 is 0. The number of carbonyl (C=O) groups excluding carboxylic acids is 2. The summed E-state index contributed by atoms with van der Waals surface area (Å²) in [5.41, 5.74) is 1.07. The fraction of sp³-hybridized carbons (Fsp3) is 0.600. The fourth-order valence-corrected chi connectivity index (χ4v) is 4.98. The Kier molecular flexibility index (Phi) is 4.49. The van der Waals surface area contributed by atoms with Gasteiger partial charge in [-0.25, -0.2) is 9.59 Å². The SMILES string of the molecule is C=C1C(=O)O[C@H]2C1[C@H](OC(=O)/C(=C/CO)CO)C[C@@]1(CO1)[C@@H]1CC=C(C)[C@@H]12. The predicted octanol–water partition coefficient (Wildman–Crippen LogP) is 0.662. The lowest BCUT2D eigenvalue weighted by Crippen LogP contribution is -2.36. The third kappa shape index (κ3) is 2.85. The van der Waals surface area contributed by atoms with Gasteiger partial charge in [0.25, 0.3) is 0 Å². The molecule has 6 atom stereocenters. The molecule has 0 radical (unpaired) electrons. The Bertz CT molecular complexity index is 745. The van der Waals surface area contributed by atoms with Crippen LogP contribution in [0.4, 0.5) is 0 Å². The van der Waals surface area contributed by atoms with E-state index in [-0.39, 0.29) is 29.6 Å². The molecule has 2 heterocycles. The van der Waals surface area contributed by atoms with Crippen molar-refractivity contribution in [2.75, 3.05) is 19.8 Å². The van der Waals surface area contributed by atoms with E-state index < -0.39 is 36.7 Å². The number of esters is 2. The summed E-state index contributed by atoms with van der Waals surface area (Å²) in [6, 6.07) is 0. The Hall–Kier alpha value is -1.96. The second-order valence-electron chi connectivity index (χ2n) is 7.81. The number of allylic oxidation sites excluding steroid dienone is 1. The second kappa shape index (κ2) is 6.58. The standard InChI is InChI=1S/C20H24O7/c1-10-3-4-13-15(10)17-16(11(2)18(23)27-17)14(7-20(13)9-25-20)26-19(24)12(8-22)5-6-21/h3,5,13-17,21-22H,2,4,6-9H2,1H3/b12-5+/t13-,14-,15+,16?,17-,20-/m1/s1. The first-order chi connectivity index (χ1) is 12.9. The zero-order valence-electron chi connectivity index (χ0n) is 15.2. The molecule has 2 saturated heterocycles. The van der Waals surface area contributed by atoms with E-state index in [0.717, 1.165) is 12.0 Å². The molecule has 4 aliphatic rings. The predicted molar refractivity (Wildman–Crippen MR) is 93.3 cm³/mol. The van der Waals surface area contributed by atoms with Gasteiger partial charge in [-0.2, -0.15) is 0 Å². The minimum Gasteiger partial charge on any atom is -0.458 e. The maximum absolute atomic E-state index is 12.5. The fourth-order valence-electron chi connectivity index (χ4n) is 4.98. The van der Waals surface area contributed by atoms with Gasteiger partial charge in [0.05, 0.1) is 36.9 Å². The summed E-state index contributed by atoms with van der Waals surface area (Å²) in [6.45, 7) is 5.60. The Morgan fingerprint density at radius 2 is 2.19 bits per heavy atom. The first kappa shape index (κ1) is 18.4. The van der Waals surface area contributed by atoms with Gasteiger partial charge in [-0.05, 0) is 19.4 Å². The molecule has 1 spiro atoms. The van der Waals surface area contributed by atoms with Crippen LogP contribution in [0, 0.1) is 17.8 Å². The van der Waals surface area contributed by atoms with Gasteiger partial charge in [0.1, 0.15) is 12.2 Å². The number of aliphatic hydroxyl groups is 2. The molecule has 1 saturated carbocycles. The summed E-state index contributed by atoms with van der Waals surface area (Å²) in [5, 5.41) is 18.4. The van der Waals surface area contributed by atoms with Crippen molar-refractivity contribution in [3.05, 3.63) is 35.5 Å². The van der Waals surface area contributed by atoms with Crippen LogP contribution in [0.2, 0.25) is 0 Å². The van der Waals surface area contributed by atoms with Gasteiger partial charge < -0.3 is 24.4 Å². The Morgan fingerprint density at radius 1 is 1.44 bits per heavy atom. The summed E-state index contributed by atoms with van der Waals surface area (Å²) in [6.07, 6.45) is 3.61. The number of ether oxygens (including phenoxy) is 3. The Morgan fingerprint density at radius 3 is 2.81 bits per heavy atom. The van der Waals surface area contributed by atoms with Gasteiger partial charge >= 0.3 is 11.9 Å². The van der Waals surface area contributed by atoms with Gasteiger partial charge in [-0.3, -0.25) is 0 Å². The molecule has 0 amide bonds. The van der Waals surface area contributed by atoms with E-state index in [1.54, 1.807) is 0 Å². The van der Waals surface area contributed by atoms with E-state index in [9.17, 15) is 14.7 Å². The van der Waals surface area contributed by atoms with Crippen molar-refractivity contribution < 1.29 is 34.0 Å². The normalized spacial score (nSPS) is 40.2. The third-order valence-electron chi connectivity index (χ3n) is 6.44. The molecule has 2 aliphatic heterocycles. The van der Waals surface area contributed by atoms with Crippen LogP contribution in [0.3, 0.4) is 0 Å². The quantitative estimate of drug-likeness (QED) is 0.321. The molecular weight excluding hydrogens is 352 g/mol. The van der Waals surface area contributed by atoms with Gasteiger partial charge in [-0.1, -0.05) is 18.2 Å². The average Bonchev–Trinajstić information content (AvgIpc) is 3.24. The van der Waals surface area contributed by atoms with Crippen molar-refractivity contribution >= 4 is 11.9 Å². The van der Waals surface area contributed by atoms with Crippen LogP contribution in [-0.2, 0) is 23.8 Å². The summed E-state index contributed by atoms with van der Waals surface area (Å²) in [7, 11) is 0. The van der Waals surface area contributed by atoms with Crippen LogP contribution in [0.5, 0.6) is 0 Å². The molecule has 146 valence electrons. The second-order valence-corrected chi connectivity index (χ2v) is 7.81. The smallest absolute Gasteiger partial charge is 0.336 e. The van der Waals surface area contributed by atoms with Gasteiger partial charge in [0.15, 0.2) is 0 Å². The van der Waals surface area contributed by atoms with E-state index in [0.29, 0.717) is 18.6 Å². The van der Waals surface area contributed by atoms with Crippen molar-refractivity contribution in [2.24, 2.45) is 17.8 Å². The van der Waals surface area contributed by atoms with Gasteiger partial charge in [0.2, 0.25) is 0 Å². The molecular formula is C20H24O7. The highest BCUT2D eigenvalue weighted by Crippen LogP contribution is 2.58. The molecule has 1 unspecified atom stereocenters. The number of hydrogen-bond acceptors (Lipinski definition) is 7. The zero-order chi connectivity index (χ0) is 19.3. The average molecular weight is 376 g/mol. The molecule has 7 heteroatoms. The molecule has 2 N–H and O–H groups in total. The summed E-state index contributed by atoms with van der Waals surface area (Å²) < 4.78 is 17.2. The summed E-state index contributed by atoms with van der Waals surface area (Å²) in [4.78, 5) is 24.7. The van der Waals surface area contributed by atoms with E-state index in [1.165, 1.54) is 6.08 Å². The van der Waals surface area contributed by atoms with E-state index in [2.05, 4.69) is 12.7 Å². The minimum absolute atomic E-state index is 0.0174. The summed E-state index contributed by atoms with van der Waals surface area (Å²) in [5.74, 6) is -1.41. The lowest BCUT2D eigenvalue weighted by molar-refractivity contribution is -0.149. The number of carbonyl (C=O) groups is 2. The van der Waals surface area contributed by atoms with Crippen molar-refractivity contribution in [3.63, 3.8) is 0 Å².